The first kappa shape index (κ1) is 12.1. The van der Waals surface area contributed by atoms with Gasteiger partial charge in [0.2, 0.25) is 0 Å². The number of carbonyl (C=O) groups excluding carboxylic acids is 1. The van der Waals surface area contributed by atoms with Crippen molar-refractivity contribution < 1.29 is 9.53 Å². The Morgan fingerprint density at radius 2 is 2.07 bits per heavy atom. The molecule has 1 aromatic carbocycles. The van der Waals surface area contributed by atoms with Crippen molar-refractivity contribution in [3.63, 3.8) is 0 Å². The van der Waals surface area contributed by atoms with Gasteiger partial charge in [0.05, 0.1) is 7.11 Å². The van der Waals surface area contributed by atoms with Crippen molar-refractivity contribution in [3.05, 3.63) is 30.3 Å². The number of thioether (sulfide) groups is 1. The van der Waals surface area contributed by atoms with E-state index < -0.39 is 0 Å². The average Bonchev–Trinajstić information content (AvgIpc) is 2.27. The zero-order valence-corrected chi connectivity index (χ0v) is 9.92. The van der Waals surface area contributed by atoms with E-state index in [0.717, 1.165) is 5.75 Å². The fourth-order valence-corrected chi connectivity index (χ4v) is 2.13. The number of carbonyl (C=O) groups is 1. The van der Waals surface area contributed by atoms with Crippen molar-refractivity contribution >= 4 is 17.7 Å². The van der Waals surface area contributed by atoms with Crippen molar-refractivity contribution in [2.24, 2.45) is 5.92 Å². The molecule has 0 saturated carbocycles. The number of esters is 1. The summed E-state index contributed by atoms with van der Waals surface area (Å²) in [5.41, 5.74) is 0. The molecule has 0 amide bonds. The van der Waals surface area contributed by atoms with Crippen molar-refractivity contribution in [3.8, 4) is 0 Å². The average molecular weight is 224 g/mol. The van der Waals surface area contributed by atoms with Crippen LogP contribution in [0.1, 0.15) is 13.3 Å². The monoisotopic (exact) mass is 224 g/mol. The van der Waals surface area contributed by atoms with Crippen LogP contribution in [0.2, 0.25) is 0 Å². The molecule has 0 bridgehead atoms. The first-order valence-electron chi connectivity index (χ1n) is 4.97. The highest BCUT2D eigenvalue weighted by atomic mass is 32.2. The molecule has 0 N–H and O–H groups in total. The predicted molar refractivity (Wildman–Crippen MR) is 63.0 cm³/mol. The second-order valence-corrected chi connectivity index (χ2v) is 4.60. The molecular formula is C12H16O2S. The number of hydrogen-bond donors (Lipinski definition) is 0. The molecule has 0 aliphatic rings. The van der Waals surface area contributed by atoms with Crippen molar-refractivity contribution in [1.82, 2.24) is 0 Å². The van der Waals surface area contributed by atoms with E-state index in [4.69, 9.17) is 0 Å². The van der Waals surface area contributed by atoms with E-state index in [1.165, 1.54) is 12.0 Å². The van der Waals surface area contributed by atoms with Crippen molar-refractivity contribution in [2.75, 3.05) is 12.9 Å². The summed E-state index contributed by atoms with van der Waals surface area (Å²) < 4.78 is 4.62. The maximum absolute atomic E-state index is 11.0. The summed E-state index contributed by atoms with van der Waals surface area (Å²) in [6.07, 6.45) is 0.496. The van der Waals surface area contributed by atoms with Crippen LogP contribution in [0.25, 0.3) is 0 Å². The van der Waals surface area contributed by atoms with Crippen LogP contribution in [0.3, 0.4) is 0 Å². The van der Waals surface area contributed by atoms with Gasteiger partial charge in [0.15, 0.2) is 0 Å². The molecule has 1 rings (SSSR count). The summed E-state index contributed by atoms with van der Waals surface area (Å²) in [5.74, 6) is 1.16. The summed E-state index contributed by atoms with van der Waals surface area (Å²) in [6.45, 7) is 2.06. The summed E-state index contributed by atoms with van der Waals surface area (Å²) in [5, 5.41) is 0. The zero-order chi connectivity index (χ0) is 11.1. The highest BCUT2D eigenvalue weighted by Gasteiger charge is 2.09. The Kier molecular flexibility index (Phi) is 5.26. The van der Waals surface area contributed by atoms with E-state index in [0.29, 0.717) is 12.3 Å². The molecule has 0 aromatic heterocycles. The molecule has 0 unspecified atom stereocenters. The Balaban J connectivity index is 2.28. The van der Waals surface area contributed by atoms with Gasteiger partial charge in [-0.3, -0.25) is 4.79 Å². The third-order valence-electron chi connectivity index (χ3n) is 2.02. The SMILES string of the molecule is COC(=O)C[C@@H](C)CSc1ccccc1. The predicted octanol–water partition coefficient (Wildman–Crippen LogP) is 2.98. The van der Waals surface area contributed by atoms with E-state index >= 15 is 0 Å². The normalized spacial score (nSPS) is 12.1. The number of ether oxygens (including phenoxy) is 1. The lowest BCUT2D eigenvalue weighted by atomic mass is 10.1. The summed E-state index contributed by atoms with van der Waals surface area (Å²) >= 11 is 1.77. The Labute approximate surface area is 95.0 Å². The van der Waals surface area contributed by atoms with Crippen LogP contribution >= 0.6 is 11.8 Å². The van der Waals surface area contributed by atoms with E-state index in [1.54, 1.807) is 11.8 Å². The molecule has 1 aromatic rings. The van der Waals surface area contributed by atoms with Gasteiger partial charge >= 0.3 is 5.97 Å². The first-order chi connectivity index (χ1) is 7.22. The lowest BCUT2D eigenvalue weighted by Crippen LogP contribution is -2.08. The maximum atomic E-state index is 11.0. The maximum Gasteiger partial charge on any atom is 0.305 e. The Morgan fingerprint density at radius 1 is 1.40 bits per heavy atom. The van der Waals surface area contributed by atoms with Crippen LogP contribution in [0, 0.1) is 5.92 Å². The molecule has 3 heteroatoms. The fourth-order valence-electron chi connectivity index (χ4n) is 1.18. The molecule has 0 aliphatic carbocycles. The molecule has 0 radical (unpaired) electrons. The van der Waals surface area contributed by atoms with Gasteiger partial charge in [0, 0.05) is 17.1 Å². The second-order valence-electron chi connectivity index (χ2n) is 3.51. The molecular weight excluding hydrogens is 208 g/mol. The van der Waals surface area contributed by atoms with E-state index in [9.17, 15) is 4.79 Å². The van der Waals surface area contributed by atoms with Crippen LogP contribution in [-0.2, 0) is 9.53 Å². The molecule has 1 atom stereocenters. The summed E-state index contributed by atoms with van der Waals surface area (Å²) in [4.78, 5) is 12.2. The lowest BCUT2D eigenvalue weighted by Gasteiger charge is -2.09. The second kappa shape index (κ2) is 6.51. The van der Waals surface area contributed by atoms with Crippen LogP contribution in [-0.4, -0.2) is 18.8 Å². The van der Waals surface area contributed by atoms with Crippen LogP contribution < -0.4 is 0 Å². The number of methoxy groups -OCH3 is 1. The highest BCUT2D eigenvalue weighted by Crippen LogP contribution is 2.21. The zero-order valence-electron chi connectivity index (χ0n) is 9.10. The minimum atomic E-state index is -0.129. The van der Waals surface area contributed by atoms with Gasteiger partial charge in [-0.05, 0) is 18.1 Å². The van der Waals surface area contributed by atoms with Crippen LogP contribution in [0.15, 0.2) is 35.2 Å². The van der Waals surface area contributed by atoms with E-state index in [-0.39, 0.29) is 5.97 Å². The van der Waals surface area contributed by atoms with E-state index in [1.807, 2.05) is 18.2 Å². The molecule has 0 saturated heterocycles. The van der Waals surface area contributed by atoms with Gasteiger partial charge < -0.3 is 4.74 Å². The van der Waals surface area contributed by atoms with Crippen molar-refractivity contribution in [1.29, 1.82) is 0 Å². The largest absolute Gasteiger partial charge is 0.469 e. The minimum Gasteiger partial charge on any atom is -0.469 e. The van der Waals surface area contributed by atoms with E-state index in [2.05, 4.69) is 23.8 Å². The molecule has 0 spiro atoms. The van der Waals surface area contributed by atoms with Crippen LogP contribution in [0.4, 0.5) is 0 Å². The summed E-state index contributed by atoms with van der Waals surface area (Å²) in [7, 11) is 1.43. The first-order valence-corrected chi connectivity index (χ1v) is 5.95. The van der Waals surface area contributed by atoms with Crippen molar-refractivity contribution in [2.45, 2.75) is 18.2 Å². The number of hydrogen-bond acceptors (Lipinski definition) is 3. The minimum absolute atomic E-state index is 0.129. The smallest absolute Gasteiger partial charge is 0.305 e. The Morgan fingerprint density at radius 3 is 2.67 bits per heavy atom. The van der Waals surface area contributed by atoms with Crippen LogP contribution in [0.5, 0.6) is 0 Å². The van der Waals surface area contributed by atoms with Gasteiger partial charge in [-0.25, -0.2) is 0 Å². The third-order valence-corrected chi connectivity index (χ3v) is 3.36. The molecule has 0 heterocycles. The molecule has 15 heavy (non-hydrogen) atoms. The molecule has 0 fully saturated rings. The highest BCUT2D eigenvalue weighted by molar-refractivity contribution is 7.99. The molecule has 2 nitrogen and oxygen atoms in total. The molecule has 82 valence electrons. The van der Waals surface area contributed by atoms with Gasteiger partial charge in [-0.1, -0.05) is 25.1 Å². The van der Waals surface area contributed by atoms with Gasteiger partial charge in [-0.15, -0.1) is 11.8 Å². The quantitative estimate of drug-likeness (QED) is 0.568. The third kappa shape index (κ3) is 4.88. The standard InChI is InChI=1S/C12H16O2S/c1-10(8-12(13)14-2)9-15-11-6-4-3-5-7-11/h3-7,10H,8-9H2,1-2H3/t10-/m1/s1. The number of rotatable bonds is 5. The Hall–Kier alpha value is -0.960. The summed E-state index contributed by atoms with van der Waals surface area (Å²) in [6, 6.07) is 10.2. The topological polar surface area (TPSA) is 26.3 Å². The number of benzene rings is 1. The van der Waals surface area contributed by atoms with Gasteiger partial charge in [0.25, 0.3) is 0 Å². The molecule has 0 aliphatic heterocycles. The van der Waals surface area contributed by atoms with Gasteiger partial charge in [0.1, 0.15) is 0 Å². The lowest BCUT2D eigenvalue weighted by molar-refractivity contribution is -0.141. The Bertz CT molecular complexity index is 298. The fraction of sp³-hybridized carbons (Fsp3) is 0.417. The van der Waals surface area contributed by atoms with Gasteiger partial charge in [-0.2, -0.15) is 0 Å².